The maximum Gasteiger partial charge on any atom is 0.240 e. The Morgan fingerprint density at radius 2 is 1.68 bits per heavy atom. The average molecular weight is 595 g/mol. The van der Waals surface area contributed by atoms with Gasteiger partial charge in [-0.1, -0.05) is 41.6 Å². The van der Waals surface area contributed by atoms with Crippen LogP contribution in [0.3, 0.4) is 0 Å². The van der Waals surface area contributed by atoms with Gasteiger partial charge in [0.25, 0.3) is 0 Å². The zero-order valence-electron chi connectivity index (χ0n) is 21.9. The maximum atomic E-state index is 13.1. The Morgan fingerprint density at radius 3 is 2.38 bits per heavy atom. The van der Waals surface area contributed by atoms with E-state index in [1.54, 1.807) is 45.0 Å². The predicted octanol–water partition coefficient (Wildman–Crippen LogP) is 5.88. The van der Waals surface area contributed by atoms with Crippen molar-refractivity contribution < 1.29 is 13.2 Å². The van der Waals surface area contributed by atoms with Crippen LogP contribution in [-0.2, 0) is 14.8 Å². The third-order valence-corrected chi connectivity index (χ3v) is 8.99. The Labute approximate surface area is 241 Å². The molecule has 1 unspecified atom stereocenters. The summed E-state index contributed by atoms with van der Waals surface area (Å²) in [4.78, 5) is 16.5. The fourth-order valence-electron chi connectivity index (χ4n) is 4.15. The number of nitrogens with zero attached hydrogens (tertiary/aromatic N) is 3. The van der Waals surface area contributed by atoms with Crippen LogP contribution < -0.4 is 10.0 Å². The normalized spacial score (nSPS) is 12.6. The summed E-state index contributed by atoms with van der Waals surface area (Å²) in [5.74, 6) is 0.363. The predicted molar refractivity (Wildman–Crippen MR) is 160 cm³/mol. The van der Waals surface area contributed by atoms with Gasteiger partial charge in [-0.3, -0.25) is 9.36 Å². The van der Waals surface area contributed by atoms with Gasteiger partial charge >= 0.3 is 0 Å². The molecule has 2 aromatic heterocycles. The first-order chi connectivity index (χ1) is 19.1. The minimum atomic E-state index is -3.62. The summed E-state index contributed by atoms with van der Waals surface area (Å²) in [6, 6.07) is 21.1. The topological polar surface area (TPSA) is 122 Å². The second kappa shape index (κ2) is 11.5. The number of aromatic nitrogens is 4. The van der Waals surface area contributed by atoms with E-state index in [-0.39, 0.29) is 16.8 Å². The van der Waals surface area contributed by atoms with Crippen LogP contribution in [0.15, 0.2) is 89.0 Å². The molecule has 0 aliphatic carbocycles. The van der Waals surface area contributed by atoms with Gasteiger partial charge in [-0.05, 0) is 75.4 Å². The summed E-state index contributed by atoms with van der Waals surface area (Å²) in [6.07, 6.45) is 1.90. The van der Waals surface area contributed by atoms with Gasteiger partial charge < -0.3 is 10.3 Å². The van der Waals surface area contributed by atoms with Gasteiger partial charge in [0, 0.05) is 45.1 Å². The first kappa shape index (κ1) is 27.9. The van der Waals surface area contributed by atoms with E-state index in [0.717, 1.165) is 22.2 Å². The Morgan fingerprint density at radius 1 is 0.975 bits per heavy atom. The van der Waals surface area contributed by atoms with E-state index in [1.165, 1.54) is 23.9 Å². The second-order valence-electron chi connectivity index (χ2n) is 9.42. The third-order valence-electron chi connectivity index (χ3n) is 6.02. The highest BCUT2D eigenvalue weighted by Gasteiger charge is 2.24. The van der Waals surface area contributed by atoms with Crippen molar-refractivity contribution in [2.75, 3.05) is 5.32 Å². The molecule has 0 saturated carbocycles. The van der Waals surface area contributed by atoms with Crippen LogP contribution in [0.4, 0.5) is 5.69 Å². The Bertz CT molecular complexity index is 1760. The van der Waals surface area contributed by atoms with Crippen LogP contribution in [0, 0.1) is 0 Å². The van der Waals surface area contributed by atoms with E-state index < -0.39 is 15.3 Å². The number of sulfonamides is 1. The number of thioether (sulfide) groups is 1. The van der Waals surface area contributed by atoms with Gasteiger partial charge in [0.2, 0.25) is 15.9 Å². The molecule has 40 heavy (non-hydrogen) atoms. The number of amides is 1. The molecule has 0 aliphatic heterocycles. The number of benzene rings is 3. The van der Waals surface area contributed by atoms with Crippen molar-refractivity contribution in [3.63, 3.8) is 0 Å². The molecule has 0 saturated heterocycles. The molecule has 9 nitrogen and oxygen atoms in total. The van der Waals surface area contributed by atoms with Crippen LogP contribution in [0.2, 0.25) is 5.02 Å². The summed E-state index contributed by atoms with van der Waals surface area (Å²) < 4.78 is 29.2. The van der Waals surface area contributed by atoms with E-state index >= 15 is 0 Å². The molecular weight excluding hydrogens is 568 g/mol. The molecule has 3 aromatic carbocycles. The lowest BCUT2D eigenvalue weighted by Crippen LogP contribution is -2.30. The Hall–Kier alpha value is -3.64. The maximum absolute atomic E-state index is 13.1. The van der Waals surface area contributed by atoms with Gasteiger partial charge in [0.1, 0.15) is 0 Å². The van der Waals surface area contributed by atoms with Crippen molar-refractivity contribution in [1.82, 2.24) is 24.5 Å². The fourth-order valence-corrected chi connectivity index (χ4v) is 6.40. The van der Waals surface area contributed by atoms with Gasteiger partial charge in [0.15, 0.2) is 11.0 Å². The molecule has 206 valence electrons. The highest BCUT2D eigenvalue weighted by Crippen LogP contribution is 2.34. The molecule has 0 bridgehead atoms. The average Bonchev–Trinajstić information content (AvgIpc) is 3.53. The van der Waals surface area contributed by atoms with Crippen molar-refractivity contribution in [1.29, 1.82) is 0 Å². The van der Waals surface area contributed by atoms with E-state index in [1.807, 2.05) is 47.2 Å². The number of anilines is 1. The SMILES string of the molecule is CC(C)NS(=O)(=O)c1ccc(NC(=O)C(C)Sc2nnc(-c3c[nH]c4ccccc34)n2-c2ccc(Cl)cc2)cc1. The number of nitrogens with one attached hydrogen (secondary N) is 3. The number of para-hydroxylation sites is 1. The number of fused-ring (bicyclic) bond motifs is 1. The van der Waals surface area contributed by atoms with Crippen molar-refractivity contribution in [3.8, 4) is 17.1 Å². The highest BCUT2D eigenvalue weighted by molar-refractivity contribution is 8.00. The van der Waals surface area contributed by atoms with Gasteiger partial charge in [0.05, 0.1) is 10.1 Å². The van der Waals surface area contributed by atoms with E-state index in [9.17, 15) is 13.2 Å². The Kier molecular flexibility index (Phi) is 7.99. The van der Waals surface area contributed by atoms with Crippen LogP contribution in [0.1, 0.15) is 20.8 Å². The van der Waals surface area contributed by atoms with E-state index in [4.69, 9.17) is 11.6 Å². The smallest absolute Gasteiger partial charge is 0.240 e. The van der Waals surface area contributed by atoms with Crippen LogP contribution in [-0.4, -0.2) is 45.4 Å². The fraction of sp³-hybridized carbons (Fsp3) is 0.179. The van der Waals surface area contributed by atoms with Crippen LogP contribution in [0.25, 0.3) is 28.0 Å². The van der Waals surface area contributed by atoms with Crippen LogP contribution in [0.5, 0.6) is 0 Å². The zero-order chi connectivity index (χ0) is 28.4. The number of carbonyl (C=O) groups is 1. The molecule has 3 N–H and O–H groups in total. The number of halogens is 1. The minimum Gasteiger partial charge on any atom is -0.360 e. The molecule has 0 radical (unpaired) electrons. The summed E-state index contributed by atoms with van der Waals surface area (Å²) >= 11 is 7.41. The molecule has 5 rings (SSSR count). The molecule has 1 atom stereocenters. The van der Waals surface area contributed by atoms with Gasteiger partial charge in [-0.25, -0.2) is 13.1 Å². The van der Waals surface area contributed by atoms with Crippen molar-refractivity contribution in [2.24, 2.45) is 0 Å². The van der Waals surface area contributed by atoms with Gasteiger partial charge in [-0.15, -0.1) is 10.2 Å². The zero-order valence-corrected chi connectivity index (χ0v) is 24.3. The molecule has 2 heterocycles. The molecule has 12 heteroatoms. The highest BCUT2D eigenvalue weighted by atomic mass is 35.5. The van der Waals surface area contributed by atoms with Crippen molar-refractivity contribution >= 4 is 55.9 Å². The van der Waals surface area contributed by atoms with Crippen molar-refractivity contribution in [2.45, 2.75) is 42.1 Å². The third kappa shape index (κ3) is 5.92. The quantitative estimate of drug-likeness (QED) is 0.183. The number of hydrogen-bond acceptors (Lipinski definition) is 6. The first-order valence-corrected chi connectivity index (χ1v) is 15.2. The lowest BCUT2D eigenvalue weighted by Gasteiger charge is -2.14. The lowest BCUT2D eigenvalue weighted by molar-refractivity contribution is -0.115. The number of H-pyrrole nitrogens is 1. The van der Waals surface area contributed by atoms with Crippen molar-refractivity contribution in [3.05, 3.63) is 84.0 Å². The number of carbonyl (C=O) groups excluding carboxylic acids is 1. The lowest BCUT2D eigenvalue weighted by atomic mass is 10.1. The number of rotatable bonds is 9. The molecule has 5 aromatic rings. The standard InChI is InChI=1S/C28H27ClN6O3S2/c1-17(2)34-40(37,38)22-14-10-20(11-15-22)31-27(36)18(3)39-28-33-32-26(35(28)21-12-8-19(29)9-13-21)24-16-30-25-7-5-4-6-23(24)25/h4-18,30,34H,1-3H3,(H,31,36). The summed E-state index contributed by atoms with van der Waals surface area (Å²) in [5, 5.41) is 13.4. The minimum absolute atomic E-state index is 0.127. The second-order valence-corrected chi connectivity index (χ2v) is 12.9. The monoisotopic (exact) mass is 594 g/mol. The molecule has 1 amide bonds. The first-order valence-electron chi connectivity index (χ1n) is 12.5. The number of aromatic amines is 1. The number of hydrogen-bond donors (Lipinski definition) is 3. The summed E-state index contributed by atoms with van der Waals surface area (Å²) in [7, 11) is -3.62. The van der Waals surface area contributed by atoms with E-state index in [0.29, 0.717) is 21.7 Å². The Balaban J connectivity index is 1.40. The molecule has 0 fully saturated rings. The molecule has 0 spiro atoms. The van der Waals surface area contributed by atoms with E-state index in [2.05, 4.69) is 25.2 Å². The van der Waals surface area contributed by atoms with Gasteiger partial charge in [-0.2, -0.15) is 0 Å². The summed E-state index contributed by atoms with van der Waals surface area (Å²) in [5.41, 5.74) is 3.14. The molecular formula is C28H27ClN6O3S2. The molecule has 0 aliphatic rings. The largest absolute Gasteiger partial charge is 0.360 e. The van der Waals surface area contributed by atoms with Crippen LogP contribution >= 0.6 is 23.4 Å². The summed E-state index contributed by atoms with van der Waals surface area (Å²) in [6.45, 7) is 5.28.